The van der Waals surface area contributed by atoms with Crippen molar-refractivity contribution in [2.45, 2.75) is 18.6 Å². The van der Waals surface area contributed by atoms with Gasteiger partial charge < -0.3 is 28.8 Å². The summed E-state index contributed by atoms with van der Waals surface area (Å²) in [6, 6.07) is 18.0. The largest absolute Gasteiger partial charge is 0.493 e. The summed E-state index contributed by atoms with van der Waals surface area (Å²) in [5.74, 6) is -0.0900. The molecule has 0 saturated carbocycles. The molecule has 0 radical (unpaired) electrons. The maximum absolute atomic E-state index is 13.0. The minimum Gasteiger partial charge on any atom is -0.493 e. The van der Waals surface area contributed by atoms with Gasteiger partial charge in [-0.2, -0.15) is 0 Å². The molecular formula is C26H27BrO7. The standard InChI is InChI=1S/C26H27BrO7/c1-30-19-12-10-17(14-21(19)32-3)24(28)23(26(29)33-4)22-18(27)11-13-20(31-2)25(22)34-15-16-8-6-5-7-9-16/h5-14,23-24,28H,15H2,1-4H3/t23-,24-/m0/s1. The minimum atomic E-state index is -1.28. The number of ether oxygens (including phenoxy) is 5. The van der Waals surface area contributed by atoms with Crippen molar-refractivity contribution in [1.82, 2.24) is 0 Å². The van der Waals surface area contributed by atoms with E-state index in [1.165, 1.54) is 28.4 Å². The lowest BCUT2D eigenvalue weighted by Gasteiger charge is -2.26. The normalized spacial score (nSPS) is 12.4. The van der Waals surface area contributed by atoms with Gasteiger partial charge in [-0.05, 0) is 35.4 Å². The van der Waals surface area contributed by atoms with Crippen LogP contribution in [-0.4, -0.2) is 39.5 Å². The molecule has 34 heavy (non-hydrogen) atoms. The molecule has 8 heteroatoms. The molecule has 0 unspecified atom stereocenters. The van der Waals surface area contributed by atoms with Crippen LogP contribution in [0.15, 0.2) is 65.1 Å². The first kappa shape index (κ1) is 25.4. The lowest BCUT2D eigenvalue weighted by atomic mass is 9.88. The van der Waals surface area contributed by atoms with Crippen molar-refractivity contribution in [1.29, 1.82) is 0 Å². The summed E-state index contributed by atoms with van der Waals surface area (Å²) in [4.78, 5) is 13.0. The first-order valence-corrected chi connectivity index (χ1v) is 11.2. The molecule has 0 fully saturated rings. The van der Waals surface area contributed by atoms with E-state index < -0.39 is 18.0 Å². The number of rotatable bonds is 10. The van der Waals surface area contributed by atoms with Gasteiger partial charge in [0.25, 0.3) is 0 Å². The molecule has 180 valence electrons. The van der Waals surface area contributed by atoms with E-state index in [9.17, 15) is 9.90 Å². The lowest BCUT2D eigenvalue weighted by molar-refractivity contribution is -0.145. The smallest absolute Gasteiger partial charge is 0.316 e. The van der Waals surface area contributed by atoms with Gasteiger partial charge in [-0.3, -0.25) is 4.79 Å². The Kier molecular flexibility index (Phi) is 8.79. The Morgan fingerprint density at radius 3 is 2.15 bits per heavy atom. The fourth-order valence-corrected chi connectivity index (χ4v) is 4.20. The van der Waals surface area contributed by atoms with Gasteiger partial charge in [0.05, 0.1) is 34.5 Å². The van der Waals surface area contributed by atoms with Crippen LogP contribution in [0.5, 0.6) is 23.0 Å². The Hall–Kier alpha value is -3.23. The predicted molar refractivity (Wildman–Crippen MR) is 131 cm³/mol. The summed E-state index contributed by atoms with van der Waals surface area (Å²) >= 11 is 3.53. The van der Waals surface area contributed by atoms with Crippen LogP contribution in [0.1, 0.15) is 28.7 Å². The lowest BCUT2D eigenvalue weighted by Crippen LogP contribution is -2.23. The van der Waals surface area contributed by atoms with Crippen molar-refractivity contribution in [2.24, 2.45) is 0 Å². The Labute approximate surface area is 207 Å². The Morgan fingerprint density at radius 2 is 1.53 bits per heavy atom. The Balaban J connectivity index is 2.11. The molecule has 3 rings (SSSR count). The number of esters is 1. The summed E-state index contributed by atoms with van der Waals surface area (Å²) in [6.07, 6.45) is -1.28. The first-order valence-electron chi connectivity index (χ1n) is 10.5. The van der Waals surface area contributed by atoms with Gasteiger partial charge in [-0.1, -0.05) is 52.3 Å². The Bertz CT molecular complexity index is 1120. The Morgan fingerprint density at radius 1 is 0.882 bits per heavy atom. The van der Waals surface area contributed by atoms with Crippen LogP contribution >= 0.6 is 15.9 Å². The second-order valence-corrected chi connectivity index (χ2v) is 8.18. The SMILES string of the molecule is COC(=O)[C@@H](c1c(Br)ccc(OC)c1OCc1ccccc1)[C@@H](O)c1ccc(OC)c(OC)c1. The van der Waals surface area contributed by atoms with Gasteiger partial charge in [0.2, 0.25) is 0 Å². The van der Waals surface area contributed by atoms with E-state index in [1.54, 1.807) is 30.3 Å². The summed E-state index contributed by atoms with van der Waals surface area (Å²) < 4.78 is 28.0. The van der Waals surface area contributed by atoms with E-state index in [2.05, 4.69) is 15.9 Å². The van der Waals surface area contributed by atoms with E-state index >= 15 is 0 Å². The van der Waals surface area contributed by atoms with Gasteiger partial charge in [0.15, 0.2) is 23.0 Å². The molecule has 0 spiro atoms. The highest BCUT2D eigenvalue weighted by Gasteiger charge is 2.36. The van der Waals surface area contributed by atoms with Crippen LogP contribution < -0.4 is 18.9 Å². The van der Waals surface area contributed by atoms with Crippen molar-refractivity contribution in [3.8, 4) is 23.0 Å². The number of methoxy groups -OCH3 is 4. The molecular weight excluding hydrogens is 504 g/mol. The van der Waals surface area contributed by atoms with Gasteiger partial charge in [-0.25, -0.2) is 0 Å². The van der Waals surface area contributed by atoms with Crippen LogP contribution in [0.4, 0.5) is 0 Å². The number of aliphatic hydroxyl groups is 1. The predicted octanol–water partition coefficient (Wildman–Crippen LogP) is 5.04. The van der Waals surface area contributed by atoms with Gasteiger partial charge in [0, 0.05) is 10.0 Å². The molecule has 0 aliphatic carbocycles. The third-order valence-electron chi connectivity index (χ3n) is 5.38. The van der Waals surface area contributed by atoms with E-state index in [4.69, 9.17) is 23.7 Å². The maximum Gasteiger partial charge on any atom is 0.316 e. The summed E-state index contributed by atoms with van der Waals surface area (Å²) in [6.45, 7) is 0.237. The van der Waals surface area contributed by atoms with E-state index in [0.717, 1.165) is 5.56 Å². The van der Waals surface area contributed by atoms with Crippen LogP contribution in [-0.2, 0) is 16.1 Å². The number of hydrogen-bond acceptors (Lipinski definition) is 7. The van der Waals surface area contributed by atoms with Crippen LogP contribution in [0.25, 0.3) is 0 Å². The monoisotopic (exact) mass is 530 g/mol. The first-order chi connectivity index (χ1) is 16.4. The van der Waals surface area contributed by atoms with Crippen molar-refractivity contribution < 1.29 is 33.6 Å². The highest BCUT2D eigenvalue weighted by Crippen LogP contribution is 2.46. The third-order valence-corrected chi connectivity index (χ3v) is 6.08. The van der Waals surface area contributed by atoms with E-state index in [0.29, 0.717) is 38.6 Å². The summed E-state index contributed by atoms with van der Waals surface area (Å²) in [5.41, 5.74) is 1.78. The molecule has 3 aromatic rings. The fourth-order valence-electron chi connectivity index (χ4n) is 3.65. The molecule has 0 aliphatic rings. The topological polar surface area (TPSA) is 83.5 Å². The minimum absolute atomic E-state index is 0.237. The number of aliphatic hydroxyl groups excluding tert-OH is 1. The van der Waals surface area contributed by atoms with Crippen molar-refractivity contribution in [2.75, 3.05) is 28.4 Å². The van der Waals surface area contributed by atoms with Gasteiger partial charge >= 0.3 is 5.97 Å². The molecule has 7 nitrogen and oxygen atoms in total. The molecule has 1 N–H and O–H groups in total. The van der Waals surface area contributed by atoms with Gasteiger partial charge in [-0.15, -0.1) is 0 Å². The average Bonchev–Trinajstić information content (AvgIpc) is 2.88. The highest BCUT2D eigenvalue weighted by molar-refractivity contribution is 9.10. The molecule has 0 aromatic heterocycles. The molecule has 0 heterocycles. The third kappa shape index (κ3) is 5.46. The van der Waals surface area contributed by atoms with Crippen LogP contribution in [0.2, 0.25) is 0 Å². The molecule has 0 amide bonds. The average molecular weight is 531 g/mol. The zero-order valence-corrected chi connectivity index (χ0v) is 21.0. The second kappa shape index (κ2) is 11.8. The number of carbonyl (C=O) groups is 1. The molecule has 0 aliphatic heterocycles. The fraction of sp³-hybridized carbons (Fsp3) is 0.269. The quantitative estimate of drug-likeness (QED) is 0.367. The number of hydrogen-bond donors (Lipinski definition) is 1. The van der Waals surface area contributed by atoms with Crippen molar-refractivity contribution >= 4 is 21.9 Å². The van der Waals surface area contributed by atoms with Crippen LogP contribution in [0, 0.1) is 0 Å². The number of carbonyl (C=O) groups excluding carboxylic acids is 1. The number of benzene rings is 3. The highest BCUT2D eigenvalue weighted by atomic mass is 79.9. The van der Waals surface area contributed by atoms with Crippen molar-refractivity contribution in [3.05, 3.63) is 81.8 Å². The zero-order chi connectivity index (χ0) is 24.7. The van der Waals surface area contributed by atoms with Crippen LogP contribution in [0.3, 0.4) is 0 Å². The number of halogens is 1. The molecule has 0 bridgehead atoms. The summed E-state index contributed by atoms with van der Waals surface area (Å²) in [5, 5.41) is 11.4. The zero-order valence-electron chi connectivity index (χ0n) is 19.4. The molecule has 0 saturated heterocycles. The maximum atomic E-state index is 13.0. The molecule has 3 aromatic carbocycles. The molecule has 2 atom stereocenters. The van der Waals surface area contributed by atoms with Gasteiger partial charge in [0.1, 0.15) is 12.5 Å². The van der Waals surface area contributed by atoms with E-state index in [1.807, 2.05) is 30.3 Å². The van der Waals surface area contributed by atoms with E-state index in [-0.39, 0.29) is 6.61 Å². The summed E-state index contributed by atoms with van der Waals surface area (Å²) in [7, 11) is 5.81. The second-order valence-electron chi connectivity index (χ2n) is 7.33. The van der Waals surface area contributed by atoms with Crippen molar-refractivity contribution in [3.63, 3.8) is 0 Å².